The van der Waals surface area contributed by atoms with Crippen LogP contribution in [-0.2, 0) is 0 Å². The molecule has 0 spiro atoms. The number of carbonyl (C=O) groups is 1. The van der Waals surface area contributed by atoms with E-state index >= 15 is 0 Å². The predicted octanol–water partition coefficient (Wildman–Crippen LogP) is 3.57. The zero-order valence-electron chi connectivity index (χ0n) is 9.83. The van der Waals surface area contributed by atoms with Crippen LogP contribution in [0.2, 0.25) is 5.02 Å². The number of halogens is 3. The summed E-state index contributed by atoms with van der Waals surface area (Å²) < 4.78 is 12.9. The van der Waals surface area contributed by atoms with Gasteiger partial charge < -0.3 is 4.90 Å². The standard InChI is InChI=1S/C13H14Cl2FNO/c14-7-9-2-1-5-17(8-9)13(18)11-4-3-10(16)6-12(11)15/h3-4,6,9H,1-2,5,7-8H2. The van der Waals surface area contributed by atoms with E-state index in [0.717, 1.165) is 18.9 Å². The molecule has 0 aliphatic carbocycles. The lowest BCUT2D eigenvalue weighted by Gasteiger charge is -2.32. The average molecular weight is 290 g/mol. The smallest absolute Gasteiger partial charge is 0.255 e. The predicted molar refractivity (Wildman–Crippen MR) is 70.8 cm³/mol. The van der Waals surface area contributed by atoms with Crippen LogP contribution in [0.25, 0.3) is 0 Å². The fourth-order valence-corrected chi connectivity index (χ4v) is 2.71. The Morgan fingerprint density at radius 1 is 1.50 bits per heavy atom. The Kier molecular flexibility index (Phi) is 4.46. The Morgan fingerprint density at radius 3 is 2.94 bits per heavy atom. The van der Waals surface area contributed by atoms with Gasteiger partial charge in [0.25, 0.3) is 5.91 Å². The molecule has 1 aliphatic heterocycles. The molecule has 18 heavy (non-hydrogen) atoms. The quantitative estimate of drug-likeness (QED) is 0.762. The fourth-order valence-electron chi connectivity index (χ4n) is 2.21. The summed E-state index contributed by atoms with van der Waals surface area (Å²) in [6.07, 6.45) is 1.99. The highest BCUT2D eigenvalue weighted by molar-refractivity contribution is 6.33. The molecular weight excluding hydrogens is 276 g/mol. The van der Waals surface area contributed by atoms with E-state index in [1.165, 1.54) is 12.1 Å². The van der Waals surface area contributed by atoms with Crippen LogP contribution in [0.1, 0.15) is 23.2 Å². The van der Waals surface area contributed by atoms with Crippen molar-refractivity contribution in [3.05, 3.63) is 34.6 Å². The molecule has 0 radical (unpaired) electrons. The number of likely N-dealkylation sites (tertiary alicyclic amines) is 1. The van der Waals surface area contributed by atoms with E-state index in [1.807, 2.05) is 0 Å². The summed E-state index contributed by atoms with van der Waals surface area (Å²) in [4.78, 5) is 14.0. The van der Waals surface area contributed by atoms with Crippen LogP contribution in [0, 0.1) is 11.7 Å². The van der Waals surface area contributed by atoms with Gasteiger partial charge in [0.15, 0.2) is 0 Å². The van der Waals surface area contributed by atoms with Crippen molar-refractivity contribution in [3.63, 3.8) is 0 Å². The maximum Gasteiger partial charge on any atom is 0.255 e. The number of alkyl halides is 1. The minimum absolute atomic E-state index is 0.144. The van der Waals surface area contributed by atoms with Gasteiger partial charge in [-0.15, -0.1) is 11.6 Å². The lowest BCUT2D eigenvalue weighted by atomic mass is 9.99. The number of nitrogens with zero attached hydrogens (tertiary/aromatic N) is 1. The fraction of sp³-hybridized carbons (Fsp3) is 0.462. The van der Waals surface area contributed by atoms with Crippen LogP contribution in [0.3, 0.4) is 0 Å². The first-order chi connectivity index (χ1) is 8.61. The van der Waals surface area contributed by atoms with Crippen LogP contribution in [-0.4, -0.2) is 29.8 Å². The van der Waals surface area contributed by atoms with E-state index in [4.69, 9.17) is 23.2 Å². The van der Waals surface area contributed by atoms with Gasteiger partial charge in [-0.3, -0.25) is 4.79 Å². The molecule has 1 fully saturated rings. The summed E-state index contributed by atoms with van der Waals surface area (Å²) in [5.74, 6) is 0.313. The summed E-state index contributed by atoms with van der Waals surface area (Å²) >= 11 is 11.7. The van der Waals surface area contributed by atoms with Crippen LogP contribution in [0.5, 0.6) is 0 Å². The first-order valence-electron chi connectivity index (χ1n) is 5.92. The molecule has 0 saturated carbocycles. The second kappa shape index (κ2) is 5.89. The van der Waals surface area contributed by atoms with Crippen molar-refractivity contribution in [2.24, 2.45) is 5.92 Å². The summed E-state index contributed by atoms with van der Waals surface area (Å²) in [6.45, 7) is 1.36. The minimum Gasteiger partial charge on any atom is -0.338 e. The number of rotatable bonds is 2. The van der Waals surface area contributed by atoms with E-state index < -0.39 is 5.82 Å². The van der Waals surface area contributed by atoms with E-state index in [-0.39, 0.29) is 10.9 Å². The normalized spacial score (nSPS) is 19.9. The Labute approximate surface area is 116 Å². The van der Waals surface area contributed by atoms with E-state index in [1.54, 1.807) is 4.90 Å². The number of carbonyl (C=O) groups excluding carboxylic acids is 1. The molecule has 1 aromatic carbocycles. The number of benzene rings is 1. The average Bonchev–Trinajstić information content (AvgIpc) is 2.38. The first kappa shape index (κ1) is 13.6. The van der Waals surface area contributed by atoms with Gasteiger partial charge in [-0.05, 0) is 37.0 Å². The summed E-state index contributed by atoms with van der Waals surface area (Å²) in [6, 6.07) is 3.85. The molecule has 0 bridgehead atoms. The minimum atomic E-state index is -0.436. The molecule has 1 heterocycles. The molecule has 98 valence electrons. The van der Waals surface area contributed by atoms with Gasteiger partial charge in [0.2, 0.25) is 0 Å². The molecular formula is C13H14Cl2FNO. The summed E-state index contributed by atoms with van der Waals surface area (Å²) in [5, 5.41) is 0.160. The first-order valence-corrected chi connectivity index (χ1v) is 6.83. The molecule has 2 rings (SSSR count). The Balaban J connectivity index is 2.15. The van der Waals surface area contributed by atoms with Crippen molar-refractivity contribution in [2.45, 2.75) is 12.8 Å². The van der Waals surface area contributed by atoms with Gasteiger partial charge in [0, 0.05) is 19.0 Å². The van der Waals surface area contributed by atoms with Gasteiger partial charge in [-0.25, -0.2) is 4.39 Å². The van der Waals surface area contributed by atoms with E-state index in [0.29, 0.717) is 30.5 Å². The molecule has 1 atom stereocenters. The van der Waals surface area contributed by atoms with Crippen LogP contribution in [0.15, 0.2) is 18.2 Å². The lowest BCUT2D eigenvalue weighted by molar-refractivity contribution is 0.0685. The van der Waals surface area contributed by atoms with E-state index in [9.17, 15) is 9.18 Å². The third kappa shape index (κ3) is 2.96. The van der Waals surface area contributed by atoms with Crippen LogP contribution >= 0.6 is 23.2 Å². The van der Waals surface area contributed by atoms with Crippen molar-refractivity contribution in [1.82, 2.24) is 4.90 Å². The topological polar surface area (TPSA) is 20.3 Å². The molecule has 0 N–H and O–H groups in total. The highest BCUT2D eigenvalue weighted by Crippen LogP contribution is 2.23. The zero-order valence-corrected chi connectivity index (χ0v) is 11.3. The molecule has 1 unspecified atom stereocenters. The second-order valence-corrected chi connectivity index (χ2v) is 5.25. The van der Waals surface area contributed by atoms with Crippen molar-refractivity contribution in [2.75, 3.05) is 19.0 Å². The Morgan fingerprint density at radius 2 is 2.28 bits per heavy atom. The molecule has 2 nitrogen and oxygen atoms in total. The van der Waals surface area contributed by atoms with Crippen molar-refractivity contribution in [3.8, 4) is 0 Å². The van der Waals surface area contributed by atoms with Gasteiger partial charge in [0.05, 0.1) is 10.6 Å². The molecule has 1 saturated heterocycles. The molecule has 1 amide bonds. The monoisotopic (exact) mass is 289 g/mol. The molecule has 5 heteroatoms. The lowest BCUT2D eigenvalue weighted by Crippen LogP contribution is -2.40. The third-order valence-corrected chi connectivity index (χ3v) is 3.94. The van der Waals surface area contributed by atoms with Crippen molar-refractivity contribution in [1.29, 1.82) is 0 Å². The highest BCUT2D eigenvalue weighted by atomic mass is 35.5. The van der Waals surface area contributed by atoms with Crippen molar-refractivity contribution >= 4 is 29.1 Å². The zero-order chi connectivity index (χ0) is 13.1. The highest BCUT2D eigenvalue weighted by Gasteiger charge is 2.25. The van der Waals surface area contributed by atoms with Gasteiger partial charge in [0.1, 0.15) is 5.82 Å². The Bertz CT molecular complexity index is 453. The largest absolute Gasteiger partial charge is 0.338 e. The SMILES string of the molecule is O=C(c1ccc(F)cc1Cl)N1CCCC(CCl)C1. The van der Waals surface area contributed by atoms with Crippen LogP contribution in [0.4, 0.5) is 4.39 Å². The molecule has 1 aromatic rings. The number of piperidine rings is 1. The van der Waals surface area contributed by atoms with E-state index in [2.05, 4.69) is 0 Å². The van der Waals surface area contributed by atoms with Gasteiger partial charge >= 0.3 is 0 Å². The number of hydrogen-bond donors (Lipinski definition) is 0. The Hall–Kier alpha value is -0.800. The molecule has 1 aliphatic rings. The second-order valence-electron chi connectivity index (χ2n) is 4.54. The van der Waals surface area contributed by atoms with Gasteiger partial charge in [-0.2, -0.15) is 0 Å². The van der Waals surface area contributed by atoms with Crippen LogP contribution < -0.4 is 0 Å². The molecule has 0 aromatic heterocycles. The van der Waals surface area contributed by atoms with Gasteiger partial charge in [-0.1, -0.05) is 11.6 Å². The summed E-state index contributed by atoms with van der Waals surface area (Å²) in [5.41, 5.74) is 0.355. The third-order valence-electron chi connectivity index (χ3n) is 3.19. The summed E-state index contributed by atoms with van der Waals surface area (Å²) in [7, 11) is 0. The number of hydrogen-bond acceptors (Lipinski definition) is 1. The maximum atomic E-state index is 12.9. The van der Waals surface area contributed by atoms with Crippen molar-refractivity contribution < 1.29 is 9.18 Å². The maximum absolute atomic E-state index is 12.9. The number of amides is 1.